The van der Waals surface area contributed by atoms with E-state index >= 15 is 0 Å². The molecule has 154 valence electrons. The van der Waals surface area contributed by atoms with E-state index in [9.17, 15) is 9.59 Å². The zero-order chi connectivity index (χ0) is 21.4. The summed E-state index contributed by atoms with van der Waals surface area (Å²) in [5.74, 6) is 0.406. The van der Waals surface area contributed by atoms with Crippen molar-refractivity contribution in [2.75, 3.05) is 16.8 Å². The van der Waals surface area contributed by atoms with Crippen LogP contribution in [0, 0.1) is 0 Å². The third-order valence-corrected chi connectivity index (χ3v) is 6.03. The van der Waals surface area contributed by atoms with E-state index in [1.165, 1.54) is 4.90 Å². The van der Waals surface area contributed by atoms with Gasteiger partial charge in [0.1, 0.15) is 23.1 Å². The van der Waals surface area contributed by atoms with Crippen molar-refractivity contribution in [3.05, 3.63) is 66.9 Å². The smallest absolute Gasteiger partial charge is 0.268 e. The highest BCUT2D eigenvalue weighted by molar-refractivity contribution is 7.21. The van der Waals surface area contributed by atoms with Crippen LogP contribution in [-0.4, -0.2) is 34.4 Å². The van der Waals surface area contributed by atoms with Gasteiger partial charge in [0.05, 0.1) is 15.9 Å². The number of carbonyl (C=O) groups excluding carboxylic acids is 2. The molecule has 8 heteroatoms. The van der Waals surface area contributed by atoms with Crippen LogP contribution in [0.15, 0.2) is 66.9 Å². The summed E-state index contributed by atoms with van der Waals surface area (Å²) < 4.78 is 6.72. The van der Waals surface area contributed by atoms with Crippen LogP contribution in [0.25, 0.3) is 20.8 Å². The lowest BCUT2D eigenvalue weighted by atomic mass is 10.2. The van der Waals surface area contributed by atoms with E-state index in [2.05, 4.69) is 15.3 Å². The largest absolute Gasteiger partial charge is 0.479 e. The summed E-state index contributed by atoms with van der Waals surface area (Å²) in [6.45, 7) is 1.55. The number of nitrogens with one attached hydrogen (secondary N) is 1. The Bertz CT molecular complexity index is 1250. The SMILES string of the molecule is CC1Oc2ccccc2N(CC(=O)Nc2ccc(-c3nc4ccccc4s3)cn2)C1=O. The molecule has 0 saturated heterocycles. The molecule has 2 aromatic carbocycles. The minimum atomic E-state index is -0.645. The normalized spacial score (nSPS) is 15.5. The van der Waals surface area contributed by atoms with Crippen LogP contribution in [0.3, 0.4) is 0 Å². The number of amides is 2. The summed E-state index contributed by atoms with van der Waals surface area (Å²) in [5, 5.41) is 3.63. The maximum absolute atomic E-state index is 12.6. The molecule has 5 rings (SSSR count). The molecule has 1 N–H and O–H groups in total. The minimum absolute atomic E-state index is 0.120. The molecule has 4 aromatic rings. The van der Waals surface area contributed by atoms with Crippen LogP contribution in [-0.2, 0) is 9.59 Å². The Kier molecular flexibility index (Phi) is 4.83. The Labute approximate surface area is 182 Å². The number of thiazole rings is 1. The molecular weight excluding hydrogens is 412 g/mol. The van der Waals surface area contributed by atoms with Gasteiger partial charge in [-0.1, -0.05) is 24.3 Å². The fraction of sp³-hybridized carbons (Fsp3) is 0.130. The monoisotopic (exact) mass is 430 g/mol. The summed E-state index contributed by atoms with van der Waals surface area (Å²) in [6.07, 6.45) is 1.04. The van der Waals surface area contributed by atoms with E-state index < -0.39 is 6.10 Å². The molecule has 0 spiro atoms. The van der Waals surface area contributed by atoms with Gasteiger partial charge in [0.25, 0.3) is 5.91 Å². The van der Waals surface area contributed by atoms with Gasteiger partial charge in [-0.2, -0.15) is 0 Å². The Morgan fingerprint density at radius 3 is 2.74 bits per heavy atom. The number of para-hydroxylation sites is 3. The highest BCUT2D eigenvalue weighted by Gasteiger charge is 2.32. The van der Waals surface area contributed by atoms with E-state index in [0.29, 0.717) is 17.3 Å². The number of nitrogens with zero attached hydrogens (tertiary/aromatic N) is 3. The highest BCUT2D eigenvalue weighted by atomic mass is 32.1. The molecule has 0 aliphatic carbocycles. The average molecular weight is 430 g/mol. The van der Waals surface area contributed by atoms with Gasteiger partial charge < -0.3 is 10.1 Å². The van der Waals surface area contributed by atoms with E-state index in [4.69, 9.17) is 4.74 Å². The number of pyridine rings is 1. The standard InChI is InChI=1S/C23H18N4O3S/c1-14-23(29)27(17-7-3-4-8-18(17)30-14)13-21(28)26-20-11-10-15(12-24-20)22-25-16-6-2-5-9-19(16)31-22/h2-12,14H,13H2,1H3,(H,24,26,28). The van der Waals surface area contributed by atoms with Crippen LogP contribution in [0.2, 0.25) is 0 Å². The lowest BCUT2D eigenvalue weighted by Crippen LogP contribution is -2.47. The first kappa shape index (κ1) is 19.2. The molecule has 1 atom stereocenters. The van der Waals surface area contributed by atoms with Crippen molar-refractivity contribution in [3.8, 4) is 16.3 Å². The van der Waals surface area contributed by atoms with Gasteiger partial charge in [-0.25, -0.2) is 9.97 Å². The topological polar surface area (TPSA) is 84.4 Å². The lowest BCUT2D eigenvalue weighted by Gasteiger charge is -2.32. The van der Waals surface area contributed by atoms with Gasteiger partial charge in [0.2, 0.25) is 5.91 Å². The van der Waals surface area contributed by atoms with Gasteiger partial charge in [-0.05, 0) is 43.3 Å². The van der Waals surface area contributed by atoms with Crippen molar-refractivity contribution in [2.45, 2.75) is 13.0 Å². The third kappa shape index (κ3) is 3.73. The van der Waals surface area contributed by atoms with E-state index in [1.807, 2.05) is 36.4 Å². The second-order valence-corrected chi connectivity index (χ2v) is 8.15. The first-order valence-corrected chi connectivity index (χ1v) is 10.6. The van der Waals surface area contributed by atoms with Crippen LogP contribution in [0.4, 0.5) is 11.5 Å². The van der Waals surface area contributed by atoms with Crippen molar-refractivity contribution in [1.82, 2.24) is 9.97 Å². The molecular formula is C23H18N4O3S. The fourth-order valence-electron chi connectivity index (χ4n) is 3.44. The molecule has 31 heavy (non-hydrogen) atoms. The molecule has 0 saturated carbocycles. The first-order chi connectivity index (χ1) is 15.1. The molecule has 0 radical (unpaired) electrons. The molecule has 0 bridgehead atoms. The van der Waals surface area contributed by atoms with E-state index in [0.717, 1.165) is 20.8 Å². The second kappa shape index (κ2) is 7.81. The summed E-state index contributed by atoms with van der Waals surface area (Å²) in [6, 6.07) is 18.7. The number of anilines is 2. The number of fused-ring (bicyclic) bond motifs is 2. The fourth-order valence-corrected chi connectivity index (χ4v) is 4.39. The van der Waals surface area contributed by atoms with E-state index in [1.54, 1.807) is 48.7 Å². The zero-order valence-electron chi connectivity index (χ0n) is 16.6. The number of hydrogen-bond donors (Lipinski definition) is 1. The Morgan fingerprint density at radius 1 is 1.13 bits per heavy atom. The van der Waals surface area contributed by atoms with Crippen molar-refractivity contribution in [2.24, 2.45) is 0 Å². The van der Waals surface area contributed by atoms with Gasteiger partial charge in [0.15, 0.2) is 6.10 Å². The predicted molar refractivity (Wildman–Crippen MR) is 120 cm³/mol. The molecule has 0 fully saturated rings. The van der Waals surface area contributed by atoms with E-state index in [-0.39, 0.29) is 18.4 Å². The van der Waals surface area contributed by atoms with Crippen molar-refractivity contribution in [3.63, 3.8) is 0 Å². The second-order valence-electron chi connectivity index (χ2n) is 7.12. The van der Waals surface area contributed by atoms with Crippen LogP contribution in [0.5, 0.6) is 5.75 Å². The number of rotatable bonds is 4. The Morgan fingerprint density at radius 2 is 1.94 bits per heavy atom. The van der Waals surface area contributed by atoms with Gasteiger partial charge in [0, 0.05) is 11.8 Å². The molecule has 3 heterocycles. The van der Waals surface area contributed by atoms with Crippen molar-refractivity contribution < 1.29 is 14.3 Å². The first-order valence-electron chi connectivity index (χ1n) is 9.77. The highest BCUT2D eigenvalue weighted by Crippen LogP contribution is 2.33. The third-order valence-electron chi connectivity index (χ3n) is 4.95. The van der Waals surface area contributed by atoms with Crippen LogP contribution in [0.1, 0.15) is 6.92 Å². The molecule has 1 unspecified atom stereocenters. The number of ether oxygens (including phenoxy) is 1. The maximum atomic E-state index is 12.6. The maximum Gasteiger partial charge on any atom is 0.268 e. The van der Waals surface area contributed by atoms with Gasteiger partial charge in [-0.15, -0.1) is 11.3 Å². The number of carbonyl (C=O) groups is 2. The van der Waals surface area contributed by atoms with Gasteiger partial charge >= 0.3 is 0 Å². The predicted octanol–water partition coefficient (Wildman–Crippen LogP) is 4.11. The van der Waals surface area contributed by atoms with Crippen molar-refractivity contribution in [1.29, 1.82) is 0 Å². The summed E-state index contributed by atoms with van der Waals surface area (Å²) in [5.41, 5.74) is 2.41. The molecule has 2 aromatic heterocycles. The average Bonchev–Trinajstić information content (AvgIpc) is 3.22. The van der Waals surface area contributed by atoms with Crippen LogP contribution < -0.4 is 15.0 Å². The number of benzene rings is 2. The summed E-state index contributed by atoms with van der Waals surface area (Å²) in [7, 11) is 0. The quantitative estimate of drug-likeness (QED) is 0.527. The molecule has 1 aliphatic heterocycles. The minimum Gasteiger partial charge on any atom is -0.479 e. The summed E-state index contributed by atoms with van der Waals surface area (Å²) >= 11 is 1.59. The van der Waals surface area contributed by atoms with Crippen molar-refractivity contribution >= 4 is 44.9 Å². The molecule has 7 nitrogen and oxygen atoms in total. The molecule has 2 amide bonds. The molecule has 1 aliphatic rings. The Balaban J connectivity index is 1.30. The van der Waals surface area contributed by atoms with Crippen LogP contribution >= 0.6 is 11.3 Å². The number of aromatic nitrogens is 2. The Hall–Kier alpha value is -3.78. The lowest BCUT2D eigenvalue weighted by molar-refractivity contribution is -0.127. The number of hydrogen-bond acceptors (Lipinski definition) is 6. The van der Waals surface area contributed by atoms with Gasteiger partial charge in [-0.3, -0.25) is 14.5 Å². The summed E-state index contributed by atoms with van der Waals surface area (Å²) in [4.78, 5) is 35.6. The zero-order valence-corrected chi connectivity index (χ0v) is 17.4.